The van der Waals surface area contributed by atoms with Gasteiger partial charge < -0.3 is 10.1 Å². The molecule has 0 spiro atoms. The van der Waals surface area contributed by atoms with Crippen LogP contribution in [0.1, 0.15) is 71.9 Å². The van der Waals surface area contributed by atoms with E-state index >= 15 is 0 Å². The van der Waals surface area contributed by atoms with Gasteiger partial charge in [0.1, 0.15) is 0 Å². The van der Waals surface area contributed by atoms with Gasteiger partial charge in [-0.3, -0.25) is 24.1 Å². The molecule has 1 aliphatic heterocycles. The number of fused-ring (bicyclic) bond motifs is 1. The lowest BCUT2D eigenvalue weighted by Gasteiger charge is -2.21. The highest BCUT2D eigenvalue weighted by Gasteiger charge is 2.34. The van der Waals surface area contributed by atoms with Gasteiger partial charge in [-0.1, -0.05) is 55.8 Å². The Bertz CT molecular complexity index is 954. The van der Waals surface area contributed by atoms with Crippen LogP contribution in [0.25, 0.3) is 0 Å². The van der Waals surface area contributed by atoms with Crippen LogP contribution < -0.4 is 5.32 Å². The normalized spacial score (nSPS) is 14.6. The lowest BCUT2D eigenvalue weighted by atomic mass is 10.0. The molecule has 1 N–H and O–H groups in total. The maximum absolute atomic E-state index is 12.5. The van der Waals surface area contributed by atoms with Crippen LogP contribution in [0, 0.1) is 0 Å². The molecular formula is C25H28N2O5. The third kappa shape index (κ3) is 5.41. The van der Waals surface area contributed by atoms with Crippen molar-refractivity contribution in [1.82, 2.24) is 10.2 Å². The van der Waals surface area contributed by atoms with Gasteiger partial charge in [-0.25, -0.2) is 0 Å². The lowest BCUT2D eigenvalue weighted by Crippen LogP contribution is -2.38. The fraction of sp³-hybridized carbons (Fsp3) is 0.360. The summed E-state index contributed by atoms with van der Waals surface area (Å²) in [5, 5.41) is 2.95. The average Bonchev–Trinajstić information content (AvgIpc) is 3.04. The van der Waals surface area contributed by atoms with Crippen molar-refractivity contribution in [2.75, 3.05) is 6.54 Å². The minimum Gasteiger partial charge on any atom is -0.453 e. The van der Waals surface area contributed by atoms with E-state index in [4.69, 9.17) is 4.74 Å². The van der Waals surface area contributed by atoms with Crippen molar-refractivity contribution in [2.45, 2.75) is 51.7 Å². The van der Waals surface area contributed by atoms with E-state index in [1.54, 1.807) is 24.3 Å². The number of carbonyl (C=O) groups excluding carboxylic acids is 4. The zero-order valence-corrected chi connectivity index (χ0v) is 18.4. The van der Waals surface area contributed by atoms with Crippen LogP contribution in [0.5, 0.6) is 0 Å². The summed E-state index contributed by atoms with van der Waals surface area (Å²) in [6, 6.07) is 16.2. The van der Waals surface area contributed by atoms with Crippen molar-refractivity contribution in [3.8, 4) is 0 Å². The van der Waals surface area contributed by atoms with Gasteiger partial charge in [0.25, 0.3) is 17.7 Å². The number of esters is 1. The van der Waals surface area contributed by atoms with Crippen LogP contribution in [-0.4, -0.2) is 41.2 Å². The van der Waals surface area contributed by atoms with Gasteiger partial charge in [0.2, 0.25) is 0 Å². The summed E-state index contributed by atoms with van der Waals surface area (Å²) in [7, 11) is 0. The zero-order valence-electron chi connectivity index (χ0n) is 18.4. The molecule has 7 heteroatoms. The smallest absolute Gasteiger partial charge is 0.306 e. The van der Waals surface area contributed by atoms with Gasteiger partial charge >= 0.3 is 5.97 Å². The third-order valence-corrected chi connectivity index (χ3v) is 5.41. The fourth-order valence-corrected chi connectivity index (χ4v) is 3.72. The molecule has 2 aromatic carbocycles. The average molecular weight is 437 g/mol. The molecule has 0 aliphatic carbocycles. The Morgan fingerprint density at radius 1 is 0.969 bits per heavy atom. The van der Waals surface area contributed by atoms with Crippen LogP contribution in [-0.2, 0) is 14.3 Å². The molecule has 32 heavy (non-hydrogen) atoms. The fourth-order valence-electron chi connectivity index (χ4n) is 3.72. The SMILES string of the molecule is CCCC(NC(=O)C(C)OC(=O)CCCN1C(=O)c2ccccc2C1=O)c1ccccc1. The molecule has 0 saturated carbocycles. The number of ether oxygens (including phenoxy) is 1. The van der Waals surface area contributed by atoms with Gasteiger partial charge in [0.05, 0.1) is 17.2 Å². The number of amides is 3. The molecule has 2 unspecified atom stereocenters. The highest BCUT2D eigenvalue weighted by atomic mass is 16.5. The summed E-state index contributed by atoms with van der Waals surface area (Å²) in [5.74, 6) is -1.61. The molecular weight excluding hydrogens is 408 g/mol. The topological polar surface area (TPSA) is 92.8 Å². The van der Waals surface area contributed by atoms with E-state index in [1.165, 1.54) is 6.92 Å². The van der Waals surface area contributed by atoms with E-state index in [2.05, 4.69) is 5.32 Å². The molecule has 0 saturated heterocycles. The molecule has 3 amide bonds. The molecule has 0 radical (unpaired) electrons. The number of hydrogen-bond donors (Lipinski definition) is 1. The van der Waals surface area contributed by atoms with Crippen LogP contribution in [0.2, 0.25) is 0 Å². The van der Waals surface area contributed by atoms with Crippen LogP contribution in [0.4, 0.5) is 0 Å². The first-order valence-electron chi connectivity index (χ1n) is 10.9. The quantitative estimate of drug-likeness (QED) is 0.453. The molecule has 2 aromatic rings. The van der Waals surface area contributed by atoms with Gasteiger partial charge in [-0.05, 0) is 37.5 Å². The summed E-state index contributed by atoms with van der Waals surface area (Å²) >= 11 is 0. The molecule has 1 heterocycles. The van der Waals surface area contributed by atoms with E-state index in [0.717, 1.165) is 23.3 Å². The molecule has 3 rings (SSSR count). The van der Waals surface area contributed by atoms with Gasteiger partial charge in [-0.15, -0.1) is 0 Å². The second kappa shape index (κ2) is 10.7. The van der Waals surface area contributed by atoms with Crippen molar-refractivity contribution in [3.05, 3.63) is 71.3 Å². The van der Waals surface area contributed by atoms with Crippen molar-refractivity contribution in [1.29, 1.82) is 0 Å². The van der Waals surface area contributed by atoms with Gasteiger partial charge in [0.15, 0.2) is 6.10 Å². The Balaban J connectivity index is 1.46. The number of nitrogens with zero attached hydrogens (tertiary/aromatic N) is 1. The zero-order chi connectivity index (χ0) is 23.1. The van der Waals surface area contributed by atoms with E-state index in [0.29, 0.717) is 11.1 Å². The van der Waals surface area contributed by atoms with Crippen LogP contribution in [0.15, 0.2) is 54.6 Å². The molecule has 0 bridgehead atoms. The Morgan fingerprint density at radius 3 is 2.16 bits per heavy atom. The van der Waals surface area contributed by atoms with Crippen molar-refractivity contribution in [3.63, 3.8) is 0 Å². The lowest BCUT2D eigenvalue weighted by molar-refractivity contribution is -0.155. The minimum atomic E-state index is -0.940. The summed E-state index contributed by atoms with van der Waals surface area (Å²) in [4.78, 5) is 50.6. The largest absolute Gasteiger partial charge is 0.453 e. The Labute approximate surface area is 187 Å². The van der Waals surface area contributed by atoms with Crippen LogP contribution >= 0.6 is 0 Å². The number of rotatable bonds is 10. The van der Waals surface area contributed by atoms with E-state index in [-0.39, 0.29) is 43.1 Å². The molecule has 2 atom stereocenters. The Morgan fingerprint density at radius 2 is 1.56 bits per heavy atom. The van der Waals surface area contributed by atoms with Gasteiger partial charge in [-0.2, -0.15) is 0 Å². The summed E-state index contributed by atoms with van der Waals surface area (Å²) in [6.07, 6.45) is 0.996. The number of carbonyl (C=O) groups is 4. The summed E-state index contributed by atoms with van der Waals surface area (Å²) in [5.41, 5.74) is 1.76. The second-order valence-electron chi connectivity index (χ2n) is 7.80. The maximum Gasteiger partial charge on any atom is 0.306 e. The highest BCUT2D eigenvalue weighted by molar-refractivity contribution is 6.21. The number of benzene rings is 2. The first kappa shape index (κ1) is 23.2. The second-order valence-corrected chi connectivity index (χ2v) is 7.80. The van der Waals surface area contributed by atoms with Crippen molar-refractivity contribution in [2.24, 2.45) is 0 Å². The minimum absolute atomic E-state index is 0.00208. The van der Waals surface area contributed by atoms with Crippen molar-refractivity contribution < 1.29 is 23.9 Å². The number of nitrogens with one attached hydrogen (secondary N) is 1. The first-order chi connectivity index (χ1) is 15.4. The highest BCUT2D eigenvalue weighted by Crippen LogP contribution is 2.23. The number of imide groups is 1. The van der Waals surface area contributed by atoms with Crippen LogP contribution in [0.3, 0.4) is 0 Å². The third-order valence-electron chi connectivity index (χ3n) is 5.41. The van der Waals surface area contributed by atoms with E-state index in [9.17, 15) is 19.2 Å². The molecule has 0 fully saturated rings. The predicted octanol–water partition coefficient (Wildman–Crippen LogP) is 3.65. The van der Waals surface area contributed by atoms with E-state index in [1.807, 2.05) is 37.3 Å². The Kier molecular flexibility index (Phi) is 7.76. The molecule has 7 nitrogen and oxygen atoms in total. The molecule has 1 aliphatic rings. The van der Waals surface area contributed by atoms with E-state index < -0.39 is 12.1 Å². The summed E-state index contributed by atoms with van der Waals surface area (Å²) in [6.45, 7) is 3.69. The van der Waals surface area contributed by atoms with Gasteiger partial charge in [0, 0.05) is 13.0 Å². The molecule has 168 valence electrons. The number of hydrogen-bond acceptors (Lipinski definition) is 5. The van der Waals surface area contributed by atoms with Crippen molar-refractivity contribution >= 4 is 23.7 Å². The Hall–Kier alpha value is -3.48. The predicted molar refractivity (Wildman–Crippen MR) is 119 cm³/mol. The maximum atomic E-state index is 12.5. The summed E-state index contributed by atoms with van der Waals surface area (Å²) < 4.78 is 5.27. The molecule has 0 aromatic heterocycles. The monoisotopic (exact) mass is 436 g/mol. The first-order valence-corrected chi connectivity index (χ1v) is 10.9. The standard InChI is InChI=1S/C25H28N2O5/c1-3-10-21(18-11-5-4-6-12-18)26-23(29)17(2)32-22(28)15-9-16-27-24(30)19-13-7-8-14-20(19)25(27)31/h4-8,11-14,17,21H,3,9-10,15-16H2,1-2H3,(H,26,29).